The number of phosphoric ester groups is 1. The van der Waals surface area contributed by atoms with Gasteiger partial charge in [0.2, 0.25) is 5.91 Å². The van der Waals surface area contributed by atoms with Crippen molar-refractivity contribution in [3.05, 3.63) is 72.9 Å². The Balaban J connectivity index is 4.46. The number of phosphoric acid groups is 1. The maximum absolute atomic E-state index is 12.9. The van der Waals surface area contributed by atoms with Crippen molar-refractivity contribution in [1.29, 1.82) is 0 Å². The van der Waals surface area contributed by atoms with E-state index in [2.05, 4.69) is 92.1 Å². The van der Waals surface area contributed by atoms with Gasteiger partial charge in [-0.25, -0.2) is 0 Å². The van der Waals surface area contributed by atoms with E-state index in [9.17, 15) is 19.4 Å². The molecule has 0 saturated carbocycles. The van der Waals surface area contributed by atoms with Crippen molar-refractivity contribution in [2.75, 3.05) is 40.9 Å². The Morgan fingerprint density at radius 3 is 1.55 bits per heavy atom. The quantitative estimate of drug-likeness (QED) is 0.0277. The molecule has 0 bridgehead atoms. The number of likely N-dealkylation sites (N-methyl/N-ethyl adjacent to an activating group) is 1. The van der Waals surface area contributed by atoms with Gasteiger partial charge in [-0.05, 0) is 64.2 Å². The van der Waals surface area contributed by atoms with Crippen LogP contribution >= 0.6 is 7.82 Å². The van der Waals surface area contributed by atoms with Gasteiger partial charge in [-0.1, -0.05) is 170 Å². The van der Waals surface area contributed by atoms with Crippen molar-refractivity contribution in [2.45, 2.75) is 180 Å². The first-order chi connectivity index (χ1) is 27.0. The zero-order valence-electron chi connectivity index (χ0n) is 36.6. The van der Waals surface area contributed by atoms with Crippen LogP contribution in [0.1, 0.15) is 168 Å². The predicted octanol–water partition coefficient (Wildman–Crippen LogP) is 11.8. The van der Waals surface area contributed by atoms with Crippen LogP contribution in [0.25, 0.3) is 0 Å². The Bertz CT molecular complexity index is 1140. The summed E-state index contributed by atoms with van der Waals surface area (Å²) in [6.45, 7) is 4.55. The second-order valence-electron chi connectivity index (χ2n) is 16.0. The number of nitrogens with zero attached hydrogens (tertiary/aromatic N) is 1. The minimum absolute atomic E-state index is 0.000416. The van der Waals surface area contributed by atoms with E-state index in [0.717, 1.165) is 70.6 Å². The highest BCUT2D eigenvalue weighted by molar-refractivity contribution is 7.45. The Labute approximate surface area is 344 Å². The molecule has 0 heterocycles. The van der Waals surface area contributed by atoms with Crippen LogP contribution in [0.3, 0.4) is 0 Å². The van der Waals surface area contributed by atoms with Gasteiger partial charge in [0.1, 0.15) is 13.2 Å². The van der Waals surface area contributed by atoms with E-state index in [4.69, 9.17) is 9.05 Å². The normalized spacial score (nSPS) is 15.1. The molecule has 9 heteroatoms. The number of hydrogen-bond acceptors (Lipinski definition) is 6. The molecule has 1 amide bonds. The Kier molecular flexibility index (Phi) is 37.0. The molecule has 3 atom stereocenters. The van der Waals surface area contributed by atoms with Gasteiger partial charge >= 0.3 is 0 Å². The van der Waals surface area contributed by atoms with Gasteiger partial charge in [0.15, 0.2) is 0 Å². The SMILES string of the molecule is CC/C=C\C/C=C\C/C=C\C/C=C\C/C=C\C/C=C\CCCCC(=O)NC(COP(=O)([O-])OCC[N+](C)(C)C)C(O)CCCCCCCCCCCCCCC. The topological polar surface area (TPSA) is 108 Å². The van der Waals surface area contributed by atoms with E-state index in [1.807, 2.05) is 21.1 Å². The summed E-state index contributed by atoms with van der Waals surface area (Å²) in [6.07, 6.45) is 50.5. The summed E-state index contributed by atoms with van der Waals surface area (Å²) in [4.78, 5) is 25.3. The molecule has 2 N–H and O–H groups in total. The first-order valence-corrected chi connectivity index (χ1v) is 23.7. The van der Waals surface area contributed by atoms with E-state index >= 15 is 0 Å². The van der Waals surface area contributed by atoms with Crippen molar-refractivity contribution >= 4 is 13.7 Å². The number of allylic oxidation sites excluding steroid dienone is 12. The van der Waals surface area contributed by atoms with Crippen molar-refractivity contribution < 1.29 is 32.9 Å². The van der Waals surface area contributed by atoms with Crippen LogP contribution in [0, 0.1) is 0 Å². The molecular weight excluding hydrogens is 719 g/mol. The van der Waals surface area contributed by atoms with Crippen molar-refractivity contribution in [2.24, 2.45) is 0 Å². The predicted molar refractivity (Wildman–Crippen MR) is 237 cm³/mol. The first-order valence-electron chi connectivity index (χ1n) is 22.3. The fourth-order valence-corrected chi connectivity index (χ4v) is 6.65. The molecule has 0 aromatic carbocycles. The Morgan fingerprint density at radius 1 is 0.643 bits per heavy atom. The fourth-order valence-electron chi connectivity index (χ4n) is 5.92. The summed E-state index contributed by atoms with van der Waals surface area (Å²) in [5, 5.41) is 13.9. The molecule has 0 saturated heterocycles. The molecule has 0 spiro atoms. The van der Waals surface area contributed by atoms with Crippen molar-refractivity contribution in [3.63, 3.8) is 0 Å². The minimum Gasteiger partial charge on any atom is -0.756 e. The molecule has 3 unspecified atom stereocenters. The highest BCUT2D eigenvalue weighted by Gasteiger charge is 2.24. The molecule has 0 fully saturated rings. The van der Waals surface area contributed by atoms with E-state index < -0.39 is 20.0 Å². The van der Waals surface area contributed by atoms with Gasteiger partial charge in [0, 0.05) is 6.42 Å². The molecule has 56 heavy (non-hydrogen) atoms. The lowest BCUT2D eigenvalue weighted by Gasteiger charge is -2.30. The smallest absolute Gasteiger partial charge is 0.268 e. The highest BCUT2D eigenvalue weighted by Crippen LogP contribution is 2.38. The number of unbranched alkanes of at least 4 members (excludes halogenated alkanes) is 14. The molecule has 0 aromatic heterocycles. The Hall–Kier alpha value is -2.06. The van der Waals surface area contributed by atoms with E-state index in [1.54, 1.807) is 0 Å². The van der Waals surface area contributed by atoms with Gasteiger partial charge in [0.25, 0.3) is 7.82 Å². The summed E-state index contributed by atoms with van der Waals surface area (Å²) in [5.74, 6) is -0.211. The van der Waals surface area contributed by atoms with Gasteiger partial charge in [-0.15, -0.1) is 0 Å². The molecule has 0 radical (unpaired) electrons. The number of amides is 1. The summed E-state index contributed by atoms with van der Waals surface area (Å²) >= 11 is 0. The summed E-state index contributed by atoms with van der Waals surface area (Å²) < 4.78 is 23.2. The largest absolute Gasteiger partial charge is 0.756 e. The molecule has 0 aromatic rings. The lowest BCUT2D eigenvalue weighted by molar-refractivity contribution is -0.870. The number of rotatable bonds is 39. The van der Waals surface area contributed by atoms with Crippen LogP contribution in [0.2, 0.25) is 0 Å². The molecule has 324 valence electrons. The van der Waals surface area contributed by atoms with Crippen molar-refractivity contribution in [3.8, 4) is 0 Å². The molecular formula is C47H85N2O6P. The number of carbonyl (C=O) groups excluding carboxylic acids is 1. The van der Waals surface area contributed by atoms with Gasteiger partial charge in [0.05, 0.1) is 39.9 Å². The van der Waals surface area contributed by atoms with Crippen LogP contribution in [0.4, 0.5) is 0 Å². The summed E-state index contributed by atoms with van der Waals surface area (Å²) in [7, 11) is 1.26. The minimum atomic E-state index is -4.58. The maximum atomic E-state index is 12.9. The van der Waals surface area contributed by atoms with Gasteiger partial charge in [-0.3, -0.25) is 9.36 Å². The lowest BCUT2D eigenvalue weighted by atomic mass is 10.0. The van der Waals surface area contributed by atoms with Crippen LogP contribution in [0.15, 0.2) is 72.9 Å². The third kappa shape index (κ3) is 40.1. The second kappa shape index (κ2) is 38.5. The molecule has 0 rings (SSSR count). The fraction of sp³-hybridized carbons (Fsp3) is 0.723. The number of quaternary nitrogens is 1. The van der Waals surface area contributed by atoms with Crippen LogP contribution in [0.5, 0.6) is 0 Å². The molecule has 0 aliphatic carbocycles. The number of aliphatic hydroxyl groups is 1. The first kappa shape index (κ1) is 53.9. The van der Waals surface area contributed by atoms with E-state index in [0.29, 0.717) is 30.3 Å². The standard InChI is InChI=1S/C47H85N2O6P/c1-6-8-10-12-14-16-18-20-21-22-23-24-25-26-27-29-31-33-35-37-39-41-47(51)48-45(44-55-56(52,53)54-43-42-49(3,4)5)46(50)40-38-36-34-32-30-28-19-17-15-13-11-9-7-2/h8,10,14,16,20-21,23-24,26-27,31,33,45-46,50H,6-7,9,11-13,15,17-19,22,25,28-30,32,34-44H2,1-5H3,(H-,48,51,52,53)/b10-8-,16-14-,21-20-,24-23-,27-26-,33-31-. The summed E-state index contributed by atoms with van der Waals surface area (Å²) in [6, 6.07) is -0.826. The number of carbonyl (C=O) groups is 1. The lowest BCUT2D eigenvalue weighted by Crippen LogP contribution is -2.46. The van der Waals surface area contributed by atoms with E-state index in [1.165, 1.54) is 64.2 Å². The highest BCUT2D eigenvalue weighted by atomic mass is 31.2. The Morgan fingerprint density at radius 2 is 1.09 bits per heavy atom. The van der Waals surface area contributed by atoms with Crippen LogP contribution in [-0.4, -0.2) is 68.5 Å². The van der Waals surface area contributed by atoms with Gasteiger partial charge in [-0.2, -0.15) is 0 Å². The van der Waals surface area contributed by atoms with Crippen LogP contribution in [-0.2, 0) is 18.4 Å². The zero-order valence-corrected chi connectivity index (χ0v) is 37.5. The zero-order chi connectivity index (χ0) is 41.4. The van der Waals surface area contributed by atoms with Crippen molar-refractivity contribution in [1.82, 2.24) is 5.32 Å². The third-order valence-electron chi connectivity index (χ3n) is 9.46. The average molecular weight is 805 g/mol. The molecule has 0 aliphatic heterocycles. The van der Waals surface area contributed by atoms with Crippen LogP contribution < -0.4 is 10.2 Å². The third-order valence-corrected chi connectivity index (χ3v) is 10.4. The molecule has 8 nitrogen and oxygen atoms in total. The van der Waals surface area contributed by atoms with E-state index in [-0.39, 0.29) is 19.1 Å². The average Bonchev–Trinajstić information content (AvgIpc) is 3.15. The van der Waals surface area contributed by atoms with Gasteiger partial charge < -0.3 is 28.8 Å². The second-order valence-corrected chi connectivity index (χ2v) is 17.4. The summed E-state index contributed by atoms with van der Waals surface area (Å²) in [5.41, 5.74) is 0. The number of nitrogens with one attached hydrogen (secondary N) is 1. The maximum Gasteiger partial charge on any atom is 0.268 e. The number of aliphatic hydroxyl groups excluding tert-OH is 1. The number of hydrogen-bond donors (Lipinski definition) is 2. The monoisotopic (exact) mass is 805 g/mol. The molecule has 0 aliphatic rings.